The SMILES string of the molecule is COC(=O)c1c(N)nsc1N(C)C1CCCC(C)C1. The van der Waals surface area contributed by atoms with Gasteiger partial charge in [-0.25, -0.2) is 4.79 Å². The monoisotopic (exact) mass is 283 g/mol. The van der Waals surface area contributed by atoms with Crippen LogP contribution >= 0.6 is 11.5 Å². The standard InChI is InChI=1S/C13H21N3O2S/c1-8-5-4-6-9(7-8)16(2)12-10(13(17)18-3)11(14)15-19-12/h8-9H,4-7H2,1-3H3,(H2,14,15). The number of rotatable bonds is 3. The highest BCUT2D eigenvalue weighted by molar-refractivity contribution is 7.11. The second kappa shape index (κ2) is 5.77. The molecule has 106 valence electrons. The third-order valence-electron chi connectivity index (χ3n) is 3.87. The molecule has 6 heteroatoms. The van der Waals surface area contributed by atoms with Gasteiger partial charge in [-0.1, -0.05) is 19.8 Å². The van der Waals surface area contributed by atoms with Crippen LogP contribution in [0.25, 0.3) is 0 Å². The number of ether oxygens (including phenoxy) is 1. The molecule has 1 fully saturated rings. The summed E-state index contributed by atoms with van der Waals surface area (Å²) in [5.41, 5.74) is 6.19. The van der Waals surface area contributed by atoms with E-state index >= 15 is 0 Å². The van der Waals surface area contributed by atoms with E-state index in [1.54, 1.807) is 0 Å². The van der Waals surface area contributed by atoms with E-state index in [1.165, 1.54) is 31.5 Å². The maximum atomic E-state index is 11.8. The number of methoxy groups -OCH3 is 1. The first-order chi connectivity index (χ1) is 9.04. The Hall–Kier alpha value is -1.30. The van der Waals surface area contributed by atoms with Crippen LogP contribution in [0.4, 0.5) is 10.8 Å². The van der Waals surface area contributed by atoms with Gasteiger partial charge in [0.1, 0.15) is 10.6 Å². The van der Waals surface area contributed by atoms with E-state index in [4.69, 9.17) is 10.5 Å². The molecule has 2 rings (SSSR count). The number of anilines is 2. The summed E-state index contributed by atoms with van der Waals surface area (Å²) in [4.78, 5) is 14.0. The molecule has 5 nitrogen and oxygen atoms in total. The molecule has 2 atom stereocenters. The van der Waals surface area contributed by atoms with Gasteiger partial charge in [0, 0.05) is 13.1 Å². The molecule has 1 aliphatic rings. The lowest BCUT2D eigenvalue weighted by Gasteiger charge is -2.34. The van der Waals surface area contributed by atoms with Crippen molar-refractivity contribution < 1.29 is 9.53 Å². The number of carbonyl (C=O) groups is 1. The predicted molar refractivity (Wildman–Crippen MR) is 77.7 cm³/mol. The lowest BCUT2D eigenvalue weighted by Crippen LogP contribution is -2.35. The zero-order valence-corrected chi connectivity index (χ0v) is 12.5. The summed E-state index contributed by atoms with van der Waals surface area (Å²) in [6.45, 7) is 2.28. The van der Waals surface area contributed by atoms with E-state index in [2.05, 4.69) is 16.2 Å². The van der Waals surface area contributed by atoms with Gasteiger partial charge >= 0.3 is 5.97 Å². The quantitative estimate of drug-likeness (QED) is 0.863. The molecule has 0 saturated heterocycles. The zero-order chi connectivity index (χ0) is 14.0. The van der Waals surface area contributed by atoms with Gasteiger partial charge in [0.15, 0.2) is 5.82 Å². The van der Waals surface area contributed by atoms with Gasteiger partial charge in [0.05, 0.1) is 7.11 Å². The molecule has 19 heavy (non-hydrogen) atoms. The molecule has 1 aromatic rings. The number of nitrogen functional groups attached to an aromatic ring is 1. The van der Waals surface area contributed by atoms with Crippen LogP contribution in [0, 0.1) is 5.92 Å². The smallest absolute Gasteiger partial charge is 0.344 e. The summed E-state index contributed by atoms with van der Waals surface area (Å²) in [5.74, 6) is 0.590. The Bertz CT molecular complexity index is 461. The van der Waals surface area contributed by atoms with Crippen molar-refractivity contribution in [2.45, 2.75) is 38.6 Å². The largest absolute Gasteiger partial charge is 0.465 e. The lowest BCUT2D eigenvalue weighted by atomic mass is 9.86. The highest BCUT2D eigenvalue weighted by atomic mass is 32.1. The summed E-state index contributed by atoms with van der Waals surface area (Å²) >= 11 is 1.27. The van der Waals surface area contributed by atoms with Gasteiger partial charge in [0.2, 0.25) is 0 Å². The van der Waals surface area contributed by atoms with Crippen molar-refractivity contribution in [2.24, 2.45) is 5.92 Å². The molecule has 0 radical (unpaired) electrons. The second-order valence-electron chi connectivity index (χ2n) is 5.28. The van der Waals surface area contributed by atoms with Crippen molar-refractivity contribution >= 4 is 28.3 Å². The van der Waals surface area contributed by atoms with Gasteiger partial charge in [-0.2, -0.15) is 4.37 Å². The number of aromatic nitrogens is 1. The average Bonchev–Trinajstić information content (AvgIpc) is 2.79. The van der Waals surface area contributed by atoms with Crippen molar-refractivity contribution in [3.05, 3.63) is 5.56 Å². The fourth-order valence-electron chi connectivity index (χ4n) is 2.75. The number of hydrogen-bond donors (Lipinski definition) is 1. The van der Waals surface area contributed by atoms with E-state index < -0.39 is 5.97 Å². The maximum Gasteiger partial charge on any atom is 0.344 e. The summed E-state index contributed by atoms with van der Waals surface area (Å²) in [7, 11) is 3.38. The number of nitrogens with two attached hydrogens (primary N) is 1. The summed E-state index contributed by atoms with van der Waals surface area (Å²) < 4.78 is 8.89. The number of esters is 1. The van der Waals surface area contributed by atoms with E-state index in [0.717, 1.165) is 23.8 Å². The molecule has 1 aromatic heterocycles. The Morgan fingerprint density at radius 3 is 2.89 bits per heavy atom. The van der Waals surface area contributed by atoms with E-state index in [9.17, 15) is 4.79 Å². The Morgan fingerprint density at radius 2 is 2.26 bits per heavy atom. The van der Waals surface area contributed by atoms with Crippen LogP contribution in [-0.2, 0) is 4.74 Å². The minimum Gasteiger partial charge on any atom is -0.465 e. The maximum absolute atomic E-state index is 11.8. The van der Waals surface area contributed by atoms with E-state index in [-0.39, 0.29) is 5.82 Å². The number of hydrogen-bond acceptors (Lipinski definition) is 6. The molecule has 2 N–H and O–H groups in total. The summed E-state index contributed by atoms with van der Waals surface area (Å²) in [6.07, 6.45) is 4.82. The van der Waals surface area contributed by atoms with E-state index in [1.807, 2.05) is 7.05 Å². The van der Waals surface area contributed by atoms with Gasteiger partial charge in [0.25, 0.3) is 0 Å². The Morgan fingerprint density at radius 1 is 1.53 bits per heavy atom. The molecular weight excluding hydrogens is 262 g/mol. The van der Waals surface area contributed by atoms with Crippen molar-refractivity contribution in [2.75, 3.05) is 24.8 Å². The van der Waals surface area contributed by atoms with Gasteiger partial charge in [-0.05, 0) is 30.3 Å². The first-order valence-corrected chi connectivity index (χ1v) is 7.38. The Labute approximate surface area is 117 Å². The van der Waals surface area contributed by atoms with Gasteiger partial charge in [-0.15, -0.1) is 0 Å². The van der Waals surface area contributed by atoms with Gasteiger partial charge in [-0.3, -0.25) is 0 Å². The molecule has 0 aliphatic heterocycles. The van der Waals surface area contributed by atoms with Crippen LogP contribution in [0.3, 0.4) is 0 Å². The van der Waals surface area contributed by atoms with Crippen LogP contribution in [-0.4, -0.2) is 30.5 Å². The first-order valence-electron chi connectivity index (χ1n) is 6.60. The fourth-order valence-corrected chi connectivity index (χ4v) is 3.58. The van der Waals surface area contributed by atoms with Crippen molar-refractivity contribution in [3.63, 3.8) is 0 Å². The molecule has 0 spiro atoms. The fraction of sp³-hybridized carbons (Fsp3) is 0.692. The van der Waals surface area contributed by atoms with Crippen molar-refractivity contribution in [3.8, 4) is 0 Å². The number of nitrogens with zero attached hydrogens (tertiary/aromatic N) is 2. The highest BCUT2D eigenvalue weighted by Gasteiger charge is 2.28. The number of carbonyl (C=O) groups excluding carboxylic acids is 1. The normalized spacial score (nSPS) is 23.1. The highest BCUT2D eigenvalue weighted by Crippen LogP contribution is 2.35. The molecular formula is C13H21N3O2S. The molecule has 2 unspecified atom stereocenters. The first kappa shape index (κ1) is 14.1. The molecule has 1 heterocycles. The van der Waals surface area contributed by atoms with Crippen LogP contribution in [0.15, 0.2) is 0 Å². The molecule has 0 amide bonds. The average molecular weight is 283 g/mol. The molecule has 1 saturated carbocycles. The molecule has 0 aromatic carbocycles. The topological polar surface area (TPSA) is 68.5 Å². The Balaban J connectivity index is 2.23. The predicted octanol–water partition coefficient (Wildman–Crippen LogP) is 2.53. The lowest BCUT2D eigenvalue weighted by molar-refractivity contribution is 0.0603. The summed E-state index contributed by atoms with van der Waals surface area (Å²) in [5, 5.41) is 0.823. The minimum absolute atomic E-state index is 0.266. The van der Waals surface area contributed by atoms with Crippen molar-refractivity contribution in [1.29, 1.82) is 0 Å². The van der Waals surface area contributed by atoms with Crippen LogP contribution in [0.1, 0.15) is 43.0 Å². The van der Waals surface area contributed by atoms with Crippen LogP contribution < -0.4 is 10.6 Å². The molecule has 0 bridgehead atoms. The third-order valence-corrected chi connectivity index (χ3v) is 4.82. The van der Waals surface area contributed by atoms with Crippen LogP contribution in [0.5, 0.6) is 0 Å². The van der Waals surface area contributed by atoms with Crippen molar-refractivity contribution in [1.82, 2.24) is 4.37 Å². The Kier molecular flexibility index (Phi) is 4.29. The third kappa shape index (κ3) is 2.83. The second-order valence-corrected chi connectivity index (χ2v) is 6.03. The molecule has 1 aliphatic carbocycles. The van der Waals surface area contributed by atoms with Crippen LogP contribution in [0.2, 0.25) is 0 Å². The summed E-state index contributed by atoms with van der Waals surface area (Å²) in [6, 6.07) is 0.451. The van der Waals surface area contributed by atoms with E-state index in [0.29, 0.717) is 11.6 Å². The zero-order valence-electron chi connectivity index (χ0n) is 11.7. The minimum atomic E-state index is -0.406. The van der Waals surface area contributed by atoms with Gasteiger partial charge < -0.3 is 15.4 Å².